The predicted molar refractivity (Wildman–Crippen MR) is 77.9 cm³/mol. The second kappa shape index (κ2) is 6.63. The van der Waals surface area contributed by atoms with Crippen molar-refractivity contribution >= 4 is 11.4 Å². The lowest BCUT2D eigenvalue weighted by Gasteiger charge is -2.26. The van der Waals surface area contributed by atoms with E-state index < -0.39 is 0 Å². The number of anilines is 2. The van der Waals surface area contributed by atoms with Gasteiger partial charge >= 0.3 is 0 Å². The first-order valence-corrected chi connectivity index (χ1v) is 6.66. The first kappa shape index (κ1) is 14.0. The third-order valence-electron chi connectivity index (χ3n) is 3.28. The number of hydrogen-bond acceptors (Lipinski definition) is 5. The van der Waals surface area contributed by atoms with Crippen molar-refractivity contribution in [3.05, 3.63) is 18.2 Å². The van der Waals surface area contributed by atoms with E-state index in [0.29, 0.717) is 12.3 Å². The Hall–Kier alpha value is -1.46. The standard InChI is InChI=1S/C14H23N3O2/c1-16(2)12-3-4-13(15)14(11-12)19-10-7-17-5-8-18-9-6-17/h3-4,11H,5-10,15H2,1-2H3. The van der Waals surface area contributed by atoms with Crippen LogP contribution in [0.3, 0.4) is 0 Å². The molecule has 0 atom stereocenters. The highest BCUT2D eigenvalue weighted by Crippen LogP contribution is 2.26. The number of nitrogens with two attached hydrogens (primary N) is 1. The molecule has 19 heavy (non-hydrogen) atoms. The van der Waals surface area contributed by atoms with Crippen LogP contribution in [-0.2, 0) is 4.74 Å². The number of nitrogen functional groups attached to an aromatic ring is 1. The molecule has 0 radical (unpaired) electrons. The Labute approximate surface area is 114 Å². The van der Waals surface area contributed by atoms with Gasteiger partial charge in [-0.05, 0) is 12.1 Å². The van der Waals surface area contributed by atoms with Crippen LogP contribution in [0.4, 0.5) is 11.4 Å². The zero-order valence-corrected chi connectivity index (χ0v) is 11.8. The number of nitrogens with zero attached hydrogens (tertiary/aromatic N) is 2. The number of morpholine rings is 1. The van der Waals surface area contributed by atoms with E-state index in [-0.39, 0.29) is 0 Å². The highest BCUT2D eigenvalue weighted by Gasteiger charge is 2.10. The maximum absolute atomic E-state index is 5.93. The van der Waals surface area contributed by atoms with E-state index in [1.165, 1.54) is 0 Å². The summed E-state index contributed by atoms with van der Waals surface area (Å²) in [7, 11) is 4.01. The Balaban J connectivity index is 1.86. The van der Waals surface area contributed by atoms with Gasteiger partial charge in [-0.15, -0.1) is 0 Å². The average Bonchev–Trinajstić information content (AvgIpc) is 2.42. The lowest BCUT2D eigenvalue weighted by molar-refractivity contribution is 0.0323. The van der Waals surface area contributed by atoms with E-state index in [9.17, 15) is 0 Å². The molecule has 1 fully saturated rings. The molecule has 5 heteroatoms. The van der Waals surface area contributed by atoms with Crippen molar-refractivity contribution in [1.82, 2.24) is 4.90 Å². The van der Waals surface area contributed by atoms with Crippen molar-refractivity contribution in [2.75, 3.05) is 64.2 Å². The highest BCUT2D eigenvalue weighted by atomic mass is 16.5. The first-order chi connectivity index (χ1) is 9.16. The maximum Gasteiger partial charge on any atom is 0.144 e. The SMILES string of the molecule is CN(C)c1ccc(N)c(OCCN2CCOCC2)c1. The van der Waals surface area contributed by atoms with Crippen LogP contribution >= 0.6 is 0 Å². The van der Waals surface area contributed by atoms with Gasteiger partial charge in [0.15, 0.2) is 0 Å². The van der Waals surface area contributed by atoms with Gasteiger partial charge in [-0.1, -0.05) is 0 Å². The molecule has 1 aromatic rings. The Kier molecular flexibility index (Phi) is 4.87. The summed E-state index contributed by atoms with van der Waals surface area (Å²) in [6, 6.07) is 5.86. The van der Waals surface area contributed by atoms with Crippen LogP contribution in [-0.4, -0.2) is 58.5 Å². The van der Waals surface area contributed by atoms with Crippen LogP contribution in [0.2, 0.25) is 0 Å². The molecule has 5 nitrogen and oxygen atoms in total. The van der Waals surface area contributed by atoms with E-state index in [0.717, 1.165) is 44.3 Å². The van der Waals surface area contributed by atoms with E-state index in [2.05, 4.69) is 4.90 Å². The Morgan fingerprint density at radius 2 is 2.05 bits per heavy atom. The van der Waals surface area contributed by atoms with Gasteiger partial charge in [0, 0.05) is 45.5 Å². The van der Waals surface area contributed by atoms with Gasteiger partial charge in [-0.3, -0.25) is 4.90 Å². The van der Waals surface area contributed by atoms with Crippen molar-refractivity contribution in [2.24, 2.45) is 0 Å². The average molecular weight is 265 g/mol. The normalized spacial score (nSPS) is 16.3. The van der Waals surface area contributed by atoms with Crippen molar-refractivity contribution in [3.8, 4) is 5.75 Å². The zero-order valence-electron chi connectivity index (χ0n) is 11.8. The molecule has 0 saturated carbocycles. The summed E-state index contributed by atoms with van der Waals surface area (Å²) in [6.07, 6.45) is 0. The molecule has 0 spiro atoms. The quantitative estimate of drug-likeness (QED) is 0.806. The molecule has 1 aromatic carbocycles. The third-order valence-corrected chi connectivity index (χ3v) is 3.28. The minimum absolute atomic E-state index is 0.654. The fourth-order valence-corrected chi connectivity index (χ4v) is 2.04. The molecule has 0 aromatic heterocycles. The predicted octanol–water partition coefficient (Wildman–Crippen LogP) is 1.05. The number of rotatable bonds is 5. The summed E-state index contributed by atoms with van der Waals surface area (Å²) in [4.78, 5) is 4.38. The fourth-order valence-electron chi connectivity index (χ4n) is 2.04. The number of ether oxygens (including phenoxy) is 2. The summed E-state index contributed by atoms with van der Waals surface area (Å²) in [5.41, 5.74) is 7.71. The molecule has 2 rings (SSSR count). The van der Waals surface area contributed by atoms with Crippen molar-refractivity contribution in [1.29, 1.82) is 0 Å². The van der Waals surface area contributed by atoms with Crippen LogP contribution in [0.25, 0.3) is 0 Å². The summed E-state index contributed by atoms with van der Waals surface area (Å²) >= 11 is 0. The number of benzene rings is 1. The molecule has 1 heterocycles. The molecule has 1 aliphatic heterocycles. The fraction of sp³-hybridized carbons (Fsp3) is 0.571. The summed E-state index contributed by atoms with van der Waals surface area (Å²) in [5, 5.41) is 0. The van der Waals surface area contributed by atoms with E-state index in [4.69, 9.17) is 15.2 Å². The second-order valence-corrected chi connectivity index (χ2v) is 4.92. The molecule has 1 aliphatic rings. The molecule has 1 saturated heterocycles. The smallest absolute Gasteiger partial charge is 0.144 e. The zero-order chi connectivity index (χ0) is 13.7. The van der Waals surface area contributed by atoms with Crippen molar-refractivity contribution < 1.29 is 9.47 Å². The van der Waals surface area contributed by atoms with Gasteiger partial charge in [-0.2, -0.15) is 0 Å². The molecule has 0 amide bonds. The summed E-state index contributed by atoms with van der Waals surface area (Å²) in [6.45, 7) is 5.17. The largest absolute Gasteiger partial charge is 0.490 e. The minimum Gasteiger partial charge on any atom is -0.490 e. The Morgan fingerprint density at radius 3 is 2.74 bits per heavy atom. The summed E-state index contributed by atoms with van der Waals surface area (Å²) < 4.78 is 11.1. The van der Waals surface area contributed by atoms with Gasteiger partial charge in [-0.25, -0.2) is 0 Å². The van der Waals surface area contributed by atoms with Crippen LogP contribution in [0.1, 0.15) is 0 Å². The third kappa shape index (κ3) is 4.01. The topological polar surface area (TPSA) is 51.0 Å². The van der Waals surface area contributed by atoms with Gasteiger partial charge in [0.2, 0.25) is 0 Å². The van der Waals surface area contributed by atoms with E-state index in [1.807, 2.05) is 37.2 Å². The first-order valence-electron chi connectivity index (χ1n) is 6.66. The van der Waals surface area contributed by atoms with Gasteiger partial charge in [0.1, 0.15) is 12.4 Å². The van der Waals surface area contributed by atoms with Gasteiger partial charge < -0.3 is 20.1 Å². The van der Waals surface area contributed by atoms with Crippen molar-refractivity contribution in [3.63, 3.8) is 0 Å². The van der Waals surface area contributed by atoms with Crippen LogP contribution in [0.5, 0.6) is 5.75 Å². The molecule has 0 unspecified atom stereocenters. The lowest BCUT2D eigenvalue weighted by atomic mass is 10.2. The molecule has 106 valence electrons. The molecule has 0 bridgehead atoms. The Morgan fingerprint density at radius 1 is 1.32 bits per heavy atom. The second-order valence-electron chi connectivity index (χ2n) is 4.92. The molecule has 0 aliphatic carbocycles. The summed E-state index contributed by atoms with van der Waals surface area (Å²) in [5.74, 6) is 0.763. The van der Waals surface area contributed by atoms with E-state index in [1.54, 1.807) is 0 Å². The minimum atomic E-state index is 0.654. The molecule has 2 N–H and O–H groups in total. The van der Waals surface area contributed by atoms with Gasteiger partial charge in [0.25, 0.3) is 0 Å². The number of hydrogen-bond donors (Lipinski definition) is 1. The van der Waals surface area contributed by atoms with Crippen LogP contribution in [0, 0.1) is 0 Å². The monoisotopic (exact) mass is 265 g/mol. The van der Waals surface area contributed by atoms with E-state index >= 15 is 0 Å². The highest BCUT2D eigenvalue weighted by molar-refractivity contribution is 5.61. The van der Waals surface area contributed by atoms with Crippen LogP contribution in [0.15, 0.2) is 18.2 Å². The Bertz CT molecular complexity index is 404. The molecular formula is C14H23N3O2. The van der Waals surface area contributed by atoms with Gasteiger partial charge in [0.05, 0.1) is 18.9 Å². The van der Waals surface area contributed by atoms with Crippen molar-refractivity contribution in [2.45, 2.75) is 0 Å². The van der Waals surface area contributed by atoms with Crippen LogP contribution < -0.4 is 15.4 Å². The lowest BCUT2D eigenvalue weighted by Crippen LogP contribution is -2.38. The molecular weight excluding hydrogens is 242 g/mol. The maximum atomic E-state index is 5.93.